The predicted octanol–water partition coefficient (Wildman–Crippen LogP) is 1.61. The van der Waals surface area contributed by atoms with Crippen LogP contribution in [0.3, 0.4) is 0 Å². The first-order valence-electron chi connectivity index (χ1n) is 13.1. The molecule has 11 nitrogen and oxygen atoms in total. The number of nitrogens with one attached hydrogen (secondary N) is 1. The van der Waals surface area contributed by atoms with E-state index in [-0.39, 0.29) is 43.5 Å². The third-order valence-corrected chi connectivity index (χ3v) is 8.95. The number of esters is 2. The second kappa shape index (κ2) is 12.6. The molecule has 0 aliphatic carbocycles. The molecule has 0 radical (unpaired) electrons. The highest BCUT2D eigenvalue weighted by molar-refractivity contribution is 7.89. The predicted molar refractivity (Wildman–Crippen MR) is 143 cm³/mol. The lowest BCUT2D eigenvalue weighted by Gasteiger charge is -2.32. The minimum atomic E-state index is -3.61. The average Bonchev–Trinajstić information content (AvgIpc) is 3.38. The zero-order chi connectivity index (χ0) is 28.9. The Labute approximate surface area is 233 Å². The molecule has 12 heteroatoms. The summed E-state index contributed by atoms with van der Waals surface area (Å²) in [7, 11) is -3.61. The van der Waals surface area contributed by atoms with Crippen LogP contribution in [0.1, 0.15) is 37.8 Å². The Morgan fingerprint density at radius 2 is 1.38 bits per heavy atom. The zero-order valence-corrected chi connectivity index (χ0v) is 23.3. The lowest BCUT2D eigenvalue weighted by atomic mass is 9.98. The van der Waals surface area contributed by atoms with E-state index in [0.29, 0.717) is 12.8 Å². The van der Waals surface area contributed by atoms with Crippen molar-refractivity contribution in [3.05, 3.63) is 65.7 Å². The van der Waals surface area contributed by atoms with Crippen LogP contribution in [0.5, 0.6) is 0 Å². The summed E-state index contributed by atoms with van der Waals surface area (Å²) in [6.45, 7) is 3.50. The van der Waals surface area contributed by atoms with Crippen LogP contribution >= 0.6 is 0 Å². The molecule has 2 atom stereocenters. The molecule has 0 saturated carbocycles. The summed E-state index contributed by atoms with van der Waals surface area (Å²) in [6.07, 6.45) is -2.34. The maximum Gasteiger partial charge on any atom is 0.303 e. The highest BCUT2D eigenvalue weighted by atomic mass is 32.2. The summed E-state index contributed by atoms with van der Waals surface area (Å²) in [4.78, 5) is 52.2. The van der Waals surface area contributed by atoms with Crippen LogP contribution in [-0.2, 0) is 51.8 Å². The molecule has 0 spiro atoms. The van der Waals surface area contributed by atoms with Gasteiger partial charge < -0.3 is 19.7 Å². The highest BCUT2D eigenvalue weighted by Gasteiger charge is 2.43. The Hall–Kier alpha value is -3.77. The molecular formula is C28H33N3O8S. The molecule has 4 rings (SSSR count). The van der Waals surface area contributed by atoms with Gasteiger partial charge in [0.2, 0.25) is 22.2 Å². The molecule has 2 amide bonds. The number of hydrogen-bond acceptors (Lipinski definition) is 8. The van der Waals surface area contributed by atoms with Crippen LogP contribution in [-0.4, -0.2) is 73.2 Å². The summed E-state index contributed by atoms with van der Waals surface area (Å²) < 4.78 is 37.7. The zero-order valence-electron chi connectivity index (χ0n) is 22.4. The minimum Gasteiger partial charge on any atom is -0.448 e. The second-order valence-electron chi connectivity index (χ2n) is 9.93. The number of sulfonamides is 1. The van der Waals surface area contributed by atoms with E-state index in [1.807, 2.05) is 24.3 Å². The number of benzene rings is 2. The molecule has 2 aromatic carbocycles. The van der Waals surface area contributed by atoms with Gasteiger partial charge in [-0.3, -0.25) is 19.2 Å². The summed E-state index contributed by atoms with van der Waals surface area (Å²) in [6, 6.07) is 15.7. The summed E-state index contributed by atoms with van der Waals surface area (Å²) in [5.74, 6) is -3.07. The first-order valence-corrected chi connectivity index (χ1v) is 14.5. The molecule has 1 fully saturated rings. The van der Waals surface area contributed by atoms with Gasteiger partial charge in [0.15, 0.2) is 0 Å². The Balaban J connectivity index is 1.39. The van der Waals surface area contributed by atoms with Crippen molar-refractivity contribution in [2.24, 2.45) is 5.92 Å². The van der Waals surface area contributed by atoms with E-state index < -0.39 is 46.0 Å². The maximum atomic E-state index is 13.4. The monoisotopic (exact) mass is 571 g/mol. The molecule has 2 aliphatic rings. The van der Waals surface area contributed by atoms with E-state index in [1.54, 1.807) is 30.3 Å². The fourth-order valence-electron chi connectivity index (χ4n) is 4.96. The van der Waals surface area contributed by atoms with Crippen molar-refractivity contribution in [2.45, 2.75) is 56.9 Å². The first kappa shape index (κ1) is 29.2. The van der Waals surface area contributed by atoms with Crippen LogP contribution in [0.4, 0.5) is 0 Å². The van der Waals surface area contributed by atoms with Gasteiger partial charge in [0.1, 0.15) is 0 Å². The number of fused-ring (bicyclic) bond motifs is 1. The van der Waals surface area contributed by atoms with E-state index >= 15 is 0 Å². The van der Waals surface area contributed by atoms with E-state index in [0.717, 1.165) is 25.0 Å². The number of hydrogen-bond donors (Lipinski definition) is 1. The first-order chi connectivity index (χ1) is 19.1. The van der Waals surface area contributed by atoms with E-state index in [4.69, 9.17) is 9.47 Å². The molecule has 214 valence electrons. The normalized spacial score (nSPS) is 17.4. The third-order valence-electron chi connectivity index (χ3n) is 7.03. The Bertz CT molecular complexity index is 1330. The highest BCUT2D eigenvalue weighted by Crippen LogP contribution is 2.26. The van der Waals surface area contributed by atoms with Crippen molar-refractivity contribution in [3.63, 3.8) is 0 Å². The van der Waals surface area contributed by atoms with Crippen molar-refractivity contribution in [1.82, 2.24) is 14.5 Å². The third kappa shape index (κ3) is 6.86. The number of amides is 2. The van der Waals surface area contributed by atoms with Crippen LogP contribution in [0.15, 0.2) is 59.5 Å². The maximum absolute atomic E-state index is 13.4. The fourth-order valence-corrected chi connectivity index (χ4v) is 6.45. The van der Waals surface area contributed by atoms with Gasteiger partial charge in [-0.2, -0.15) is 4.31 Å². The van der Waals surface area contributed by atoms with Gasteiger partial charge in [0.25, 0.3) is 11.8 Å². The van der Waals surface area contributed by atoms with Crippen molar-refractivity contribution in [1.29, 1.82) is 0 Å². The van der Waals surface area contributed by atoms with Crippen molar-refractivity contribution in [3.8, 4) is 0 Å². The molecule has 0 aromatic heterocycles. The molecule has 0 unspecified atom stereocenters. The summed E-state index contributed by atoms with van der Waals surface area (Å²) in [5, 5.41) is 2.71. The standard InChI is InChI=1S/C28H33N3O8S/c1-19(32)38-25(26(39-20(2)33)28(35)30-17-22-8-6-7-9-23(22)18-30)27(34)29-16-21-12-14-31(15-13-21)40(36,37)24-10-4-3-5-11-24/h3-11,21,25-26H,12-18H2,1-2H3,(H,29,34)/t25-,26-/m1/s1. The number of ether oxygens (including phenoxy) is 2. The van der Waals surface area contributed by atoms with Crippen molar-refractivity contribution < 1.29 is 37.1 Å². The van der Waals surface area contributed by atoms with E-state index in [1.165, 1.54) is 9.21 Å². The summed E-state index contributed by atoms with van der Waals surface area (Å²) >= 11 is 0. The fraction of sp³-hybridized carbons (Fsp3) is 0.429. The lowest BCUT2D eigenvalue weighted by molar-refractivity contribution is -0.178. The van der Waals surface area contributed by atoms with Crippen molar-refractivity contribution in [2.75, 3.05) is 19.6 Å². The van der Waals surface area contributed by atoms with Gasteiger partial charge >= 0.3 is 11.9 Å². The largest absolute Gasteiger partial charge is 0.448 e. The van der Waals surface area contributed by atoms with Gasteiger partial charge in [0.05, 0.1) is 4.90 Å². The lowest BCUT2D eigenvalue weighted by Crippen LogP contribution is -2.54. The van der Waals surface area contributed by atoms with Crippen molar-refractivity contribution >= 4 is 33.8 Å². The SMILES string of the molecule is CC(=O)O[C@@H](C(=O)NCC1CCN(S(=O)(=O)c2ccccc2)CC1)[C@@H](OC(C)=O)C(=O)N1Cc2ccccc2C1. The molecule has 2 aromatic rings. The number of carbonyl (C=O) groups excluding carboxylic acids is 4. The number of carbonyl (C=O) groups is 4. The number of nitrogens with zero attached hydrogens (tertiary/aromatic N) is 2. The van der Waals surface area contributed by atoms with Crippen LogP contribution in [0, 0.1) is 5.92 Å². The molecule has 1 N–H and O–H groups in total. The molecule has 1 saturated heterocycles. The van der Waals surface area contributed by atoms with Gasteiger partial charge in [-0.1, -0.05) is 42.5 Å². The molecule has 0 bridgehead atoms. The van der Waals surface area contributed by atoms with Crippen LogP contribution in [0.2, 0.25) is 0 Å². The van der Waals surface area contributed by atoms with Crippen LogP contribution in [0.25, 0.3) is 0 Å². The summed E-state index contributed by atoms with van der Waals surface area (Å²) in [5.41, 5.74) is 1.87. The minimum absolute atomic E-state index is 0.0416. The molecule has 40 heavy (non-hydrogen) atoms. The van der Waals surface area contributed by atoms with Gasteiger partial charge in [-0.05, 0) is 42.0 Å². The van der Waals surface area contributed by atoms with E-state index in [9.17, 15) is 27.6 Å². The average molecular weight is 572 g/mol. The van der Waals surface area contributed by atoms with Gasteiger partial charge in [0, 0.05) is 46.6 Å². The topological polar surface area (TPSA) is 139 Å². The molecule has 2 aliphatic heterocycles. The quantitative estimate of drug-likeness (QED) is 0.448. The van der Waals surface area contributed by atoms with Gasteiger partial charge in [-0.15, -0.1) is 0 Å². The number of piperidine rings is 1. The Kier molecular flexibility index (Phi) is 9.21. The molecular weight excluding hydrogens is 538 g/mol. The van der Waals surface area contributed by atoms with Gasteiger partial charge in [-0.25, -0.2) is 8.42 Å². The Morgan fingerprint density at radius 3 is 1.93 bits per heavy atom. The number of rotatable bonds is 9. The smallest absolute Gasteiger partial charge is 0.303 e. The van der Waals surface area contributed by atoms with Crippen LogP contribution < -0.4 is 5.32 Å². The van der Waals surface area contributed by atoms with E-state index in [2.05, 4.69) is 5.32 Å². The Morgan fingerprint density at radius 1 is 0.850 bits per heavy atom. The second-order valence-corrected chi connectivity index (χ2v) is 11.9. The molecule has 2 heterocycles.